The Morgan fingerprint density at radius 1 is 1.19 bits per heavy atom. The van der Waals surface area contributed by atoms with Crippen molar-refractivity contribution in [2.24, 2.45) is 0 Å². The highest BCUT2D eigenvalue weighted by Gasteiger charge is 2.28. The van der Waals surface area contributed by atoms with Crippen LogP contribution in [0.5, 0.6) is 5.75 Å². The summed E-state index contributed by atoms with van der Waals surface area (Å²) in [5, 5.41) is 17.3. The number of aromatic nitrogens is 2. The molecule has 1 fully saturated rings. The van der Waals surface area contributed by atoms with Gasteiger partial charge in [-0.05, 0) is 61.6 Å². The number of amides is 1. The normalized spacial score (nSPS) is 18.2. The molecule has 1 saturated heterocycles. The lowest BCUT2D eigenvalue weighted by molar-refractivity contribution is 0.0159. The van der Waals surface area contributed by atoms with Crippen molar-refractivity contribution < 1.29 is 27.5 Å². The monoisotopic (exact) mass is 598 g/mol. The average molecular weight is 599 g/mol. The van der Waals surface area contributed by atoms with Gasteiger partial charge in [0.2, 0.25) is 10.0 Å². The number of rotatable bonds is 11. The van der Waals surface area contributed by atoms with Crippen molar-refractivity contribution in [3.05, 3.63) is 71.6 Å². The first-order chi connectivity index (χ1) is 20.0. The Morgan fingerprint density at radius 3 is 2.74 bits per heavy atom. The van der Waals surface area contributed by atoms with Crippen LogP contribution >= 0.6 is 0 Å². The molecule has 2 aliphatic heterocycles. The fraction of sp³-hybridized carbons (Fsp3) is 0.483. The number of piperidine rings is 1. The van der Waals surface area contributed by atoms with E-state index in [1.165, 1.54) is 28.1 Å². The Morgan fingerprint density at radius 2 is 2.00 bits per heavy atom. The van der Waals surface area contributed by atoms with Crippen LogP contribution in [-0.2, 0) is 29.6 Å². The van der Waals surface area contributed by atoms with Crippen LogP contribution in [0.2, 0.25) is 0 Å². The number of pyridine rings is 1. The molecule has 1 amide bonds. The van der Waals surface area contributed by atoms with E-state index in [9.17, 15) is 18.3 Å². The van der Waals surface area contributed by atoms with Crippen LogP contribution in [0.1, 0.15) is 47.0 Å². The average Bonchev–Trinajstić information content (AvgIpc) is 3.48. The number of carbonyl (C=O) groups excluding carboxylic acids is 1. The van der Waals surface area contributed by atoms with E-state index in [4.69, 9.17) is 9.15 Å². The number of hydrogen-bond acceptors (Lipinski definition) is 10. The quantitative estimate of drug-likeness (QED) is 0.299. The second kappa shape index (κ2) is 12.8. The first-order valence-electron chi connectivity index (χ1n) is 14.1. The molecular weight excluding hydrogens is 560 g/mol. The van der Waals surface area contributed by atoms with Crippen molar-refractivity contribution in [3.8, 4) is 5.75 Å². The van der Waals surface area contributed by atoms with Crippen molar-refractivity contribution in [1.82, 2.24) is 24.5 Å². The summed E-state index contributed by atoms with van der Waals surface area (Å²) in [5.74, 6) is 1.71. The number of β-amino-alcohol motifs (C(OH)–C–C–N with tert-alkyl or cyclic N) is 1. The van der Waals surface area contributed by atoms with Crippen molar-refractivity contribution in [1.29, 1.82) is 0 Å². The molecule has 3 aromatic rings. The number of aliphatic hydroxyl groups is 1. The lowest BCUT2D eigenvalue weighted by atomic mass is 9.97. The first kappa shape index (κ1) is 30.0. The van der Waals surface area contributed by atoms with Crippen LogP contribution in [0, 0.1) is 0 Å². The van der Waals surface area contributed by atoms with Gasteiger partial charge in [-0.2, -0.15) is 0 Å². The van der Waals surface area contributed by atoms with E-state index < -0.39 is 15.6 Å². The van der Waals surface area contributed by atoms with Crippen LogP contribution in [0.3, 0.4) is 0 Å². The number of anilines is 1. The van der Waals surface area contributed by atoms with Gasteiger partial charge in [-0.3, -0.25) is 9.69 Å². The fourth-order valence-corrected chi connectivity index (χ4v) is 6.26. The van der Waals surface area contributed by atoms with E-state index in [2.05, 4.69) is 37.6 Å². The Labute approximate surface area is 246 Å². The van der Waals surface area contributed by atoms with E-state index in [1.54, 1.807) is 31.5 Å². The maximum Gasteiger partial charge on any atom is 0.251 e. The van der Waals surface area contributed by atoms with Crippen LogP contribution in [0.15, 0.2) is 53.5 Å². The third-order valence-electron chi connectivity index (χ3n) is 7.62. The van der Waals surface area contributed by atoms with E-state index >= 15 is 0 Å². The van der Waals surface area contributed by atoms with Gasteiger partial charge < -0.3 is 24.9 Å². The summed E-state index contributed by atoms with van der Waals surface area (Å²) in [6.45, 7) is 4.94. The Hall–Kier alpha value is -3.52. The molecular formula is C29H38N6O6S. The molecule has 0 aliphatic carbocycles. The predicted molar refractivity (Wildman–Crippen MR) is 157 cm³/mol. The number of benzene rings is 1. The molecule has 1 aromatic carbocycles. The van der Waals surface area contributed by atoms with Crippen molar-refractivity contribution >= 4 is 21.7 Å². The van der Waals surface area contributed by atoms with Gasteiger partial charge in [-0.1, -0.05) is 6.07 Å². The topological polar surface area (TPSA) is 150 Å². The third kappa shape index (κ3) is 8.06. The van der Waals surface area contributed by atoms with E-state index in [0.29, 0.717) is 62.8 Å². The van der Waals surface area contributed by atoms with Crippen LogP contribution < -0.4 is 15.4 Å². The van der Waals surface area contributed by atoms with Gasteiger partial charge in [-0.15, -0.1) is 0 Å². The zero-order valence-electron chi connectivity index (χ0n) is 24.0. The summed E-state index contributed by atoms with van der Waals surface area (Å²) in [7, 11) is -3.19. The van der Waals surface area contributed by atoms with Gasteiger partial charge in [0.15, 0.2) is 12.2 Å². The maximum atomic E-state index is 12.9. The summed E-state index contributed by atoms with van der Waals surface area (Å²) >= 11 is 0. The number of oxazole rings is 1. The highest BCUT2D eigenvalue weighted by molar-refractivity contribution is 7.88. The molecule has 3 N–H and O–H groups in total. The summed E-state index contributed by atoms with van der Waals surface area (Å²) < 4.78 is 36.0. The minimum atomic E-state index is -3.19. The van der Waals surface area contributed by atoms with E-state index in [0.717, 1.165) is 18.7 Å². The zero-order valence-corrected chi connectivity index (χ0v) is 24.8. The molecule has 0 spiro atoms. The minimum Gasteiger partial charge on any atom is -0.486 e. The molecule has 0 radical (unpaired) electrons. The summed E-state index contributed by atoms with van der Waals surface area (Å²) in [6, 6.07) is 9.43. The van der Waals surface area contributed by atoms with E-state index in [1.807, 2.05) is 6.07 Å². The van der Waals surface area contributed by atoms with Gasteiger partial charge in [0.25, 0.3) is 5.91 Å². The molecule has 0 unspecified atom stereocenters. The Balaban J connectivity index is 1.08. The van der Waals surface area contributed by atoms with Gasteiger partial charge >= 0.3 is 0 Å². The lowest BCUT2D eigenvalue weighted by Gasteiger charge is -2.35. The third-order valence-corrected chi connectivity index (χ3v) is 8.93. The number of sulfonamides is 1. The van der Waals surface area contributed by atoms with Crippen LogP contribution in [-0.4, -0.2) is 89.2 Å². The van der Waals surface area contributed by atoms with Crippen LogP contribution in [0.4, 0.5) is 5.82 Å². The number of nitrogens with one attached hydrogen (secondary N) is 2. The molecule has 0 bridgehead atoms. The summed E-state index contributed by atoms with van der Waals surface area (Å²) in [4.78, 5) is 23.3. The molecule has 1 atom stereocenters. The SMILES string of the molecule is C[C@@](O)(CNC(=O)c1ccnc(NC2CCN(S(C)(=O)=O)CC2)c1)CN1CCc2cc(OCc3cnco3)ccc2C1. The fourth-order valence-electron chi connectivity index (χ4n) is 5.38. The van der Waals surface area contributed by atoms with Gasteiger partial charge in [-0.25, -0.2) is 22.7 Å². The Bertz CT molecular complexity index is 1470. The number of ether oxygens (including phenoxy) is 1. The first-order valence-corrected chi connectivity index (χ1v) is 15.9. The lowest BCUT2D eigenvalue weighted by Crippen LogP contribution is -2.49. The number of carbonyl (C=O) groups is 1. The second-order valence-corrected chi connectivity index (χ2v) is 13.3. The van der Waals surface area contributed by atoms with Crippen molar-refractivity contribution in [2.75, 3.05) is 44.3 Å². The molecule has 42 heavy (non-hydrogen) atoms. The molecule has 4 heterocycles. The summed E-state index contributed by atoms with van der Waals surface area (Å²) in [5.41, 5.74) is 1.71. The smallest absolute Gasteiger partial charge is 0.251 e. The van der Waals surface area contributed by atoms with Gasteiger partial charge in [0.05, 0.1) is 18.1 Å². The molecule has 13 heteroatoms. The highest BCUT2D eigenvalue weighted by Crippen LogP contribution is 2.25. The van der Waals surface area contributed by atoms with E-state index in [-0.39, 0.29) is 18.5 Å². The van der Waals surface area contributed by atoms with Gasteiger partial charge in [0.1, 0.15) is 18.2 Å². The zero-order chi connectivity index (χ0) is 29.7. The molecule has 226 valence electrons. The highest BCUT2D eigenvalue weighted by atomic mass is 32.2. The molecule has 0 saturated carbocycles. The number of hydrogen-bond donors (Lipinski definition) is 3. The van der Waals surface area contributed by atoms with Crippen LogP contribution in [0.25, 0.3) is 0 Å². The molecule has 2 aromatic heterocycles. The minimum absolute atomic E-state index is 0.0719. The van der Waals surface area contributed by atoms with Crippen molar-refractivity contribution in [3.63, 3.8) is 0 Å². The maximum absolute atomic E-state index is 12.9. The standard InChI is InChI=1S/C29H38N6O6S/c1-29(37,19-34-10-6-21-13-25(4-3-23(21)16-34)40-17-26-15-30-20-41-26)18-32-28(36)22-5-9-31-27(14-22)33-24-7-11-35(12-8-24)42(2,38)39/h3-5,9,13-15,20,24,37H,6-8,10-12,16-19H2,1-2H3,(H,31,33)(H,32,36)/t29-/m1/s1. The molecule has 5 rings (SSSR count). The number of nitrogens with zero attached hydrogens (tertiary/aromatic N) is 4. The molecule has 2 aliphatic rings. The molecule has 12 nitrogen and oxygen atoms in total. The summed E-state index contributed by atoms with van der Waals surface area (Å²) in [6.07, 6.45) is 7.96. The van der Waals surface area contributed by atoms with Gasteiger partial charge in [0, 0.05) is 57.1 Å². The Kier molecular flexibility index (Phi) is 9.11. The predicted octanol–water partition coefficient (Wildman–Crippen LogP) is 2.02. The largest absolute Gasteiger partial charge is 0.486 e. The van der Waals surface area contributed by atoms with Crippen molar-refractivity contribution in [2.45, 2.75) is 51.0 Å². The second-order valence-electron chi connectivity index (χ2n) is 11.3. The number of fused-ring (bicyclic) bond motifs is 1.